The van der Waals surface area contributed by atoms with E-state index in [0.29, 0.717) is 19.6 Å². The Morgan fingerprint density at radius 3 is 3.15 bits per heavy atom. The van der Waals surface area contributed by atoms with Gasteiger partial charge in [-0.3, -0.25) is 14.4 Å². The molecule has 1 aliphatic heterocycles. The van der Waals surface area contributed by atoms with Crippen molar-refractivity contribution in [3.05, 3.63) is 18.0 Å². The van der Waals surface area contributed by atoms with Crippen LogP contribution in [0, 0.1) is 0 Å². The van der Waals surface area contributed by atoms with Gasteiger partial charge in [-0.05, 0) is 37.8 Å². The number of piperidine rings is 1. The van der Waals surface area contributed by atoms with Crippen LogP contribution < -0.4 is 5.32 Å². The van der Waals surface area contributed by atoms with Crippen molar-refractivity contribution < 1.29 is 9.90 Å². The van der Waals surface area contributed by atoms with E-state index in [1.165, 1.54) is 5.56 Å². The van der Waals surface area contributed by atoms with E-state index in [9.17, 15) is 9.90 Å². The molecule has 0 aliphatic carbocycles. The monoisotopic (exact) mass is 280 g/mol. The molecule has 0 radical (unpaired) electrons. The van der Waals surface area contributed by atoms with Crippen molar-refractivity contribution in [3.8, 4) is 0 Å². The standard InChI is InChI=1S/C14H24N4O2/c1-17-9-12(8-16-17)4-2-6-15-14(20)11-18-7-3-5-13(19)10-18/h8-9,13,19H,2-7,10-11H2,1H3,(H,15,20). The minimum atomic E-state index is -0.276. The van der Waals surface area contributed by atoms with Crippen molar-refractivity contribution in [2.75, 3.05) is 26.2 Å². The van der Waals surface area contributed by atoms with Gasteiger partial charge in [-0.15, -0.1) is 0 Å². The Morgan fingerprint density at radius 2 is 2.45 bits per heavy atom. The molecule has 6 heteroatoms. The third-order valence-electron chi connectivity index (χ3n) is 3.57. The fraction of sp³-hybridized carbons (Fsp3) is 0.714. The zero-order valence-electron chi connectivity index (χ0n) is 12.1. The molecule has 20 heavy (non-hydrogen) atoms. The number of likely N-dealkylation sites (tertiary alicyclic amines) is 1. The first-order chi connectivity index (χ1) is 9.63. The highest BCUT2D eigenvalue weighted by molar-refractivity contribution is 5.77. The van der Waals surface area contributed by atoms with Gasteiger partial charge in [0.2, 0.25) is 5.91 Å². The van der Waals surface area contributed by atoms with Crippen LogP contribution in [0.25, 0.3) is 0 Å². The predicted molar refractivity (Wildman–Crippen MR) is 76.2 cm³/mol. The normalized spacial score (nSPS) is 20.0. The van der Waals surface area contributed by atoms with Crippen molar-refractivity contribution in [3.63, 3.8) is 0 Å². The van der Waals surface area contributed by atoms with Gasteiger partial charge in [-0.25, -0.2) is 0 Å². The average molecular weight is 280 g/mol. The molecule has 1 aliphatic rings. The second-order valence-corrected chi connectivity index (χ2v) is 5.51. The zero-order chi connectivity index (χ0) is 14.4. The van der Waals surface area contributed by atoms with E-state index in [-0.39, 0.29) is 12.0 Å². The number of amides is 1. The van der Waals surface area contributed by atoms with Gasteiger partial charge in [0.15, 0.2) is 0 Å². The van der Waals surface area contributed by atoms with Gasteiger partial charge >= 0.3 is 0 Å². The molecule has 2 N–H and O–H groups in total. The van der Waals surface area contributed by atoms with Gasteiger partial charge in [0, 0.05) is 26.3 Å². The number of nitrogens with one attached hydrogen (secondary N) is 1. The van der Waals surface area contributed by atoms with E-state index in [2.05, 4.69) is 10.4 Å². The Hall–Kier alpha value is -1.40. The van der Waals surface area contributed by atoms with Crippen LogP contribution in [-0.2, 0) is 18.3 Å². The molecule has 0 spiro atoms. The number of aliphatic hydroxyl groups is 1. The molecule has 0 bridgehead atoms. The Balaban J connectivity index is 1.58. The number of aromatic nitrogens is 2. The average Bonchev–Trinajstić information content (AvgIpc) is 2.80. The summed E-state index contributed by atoms with van der Waals surface area (Å²) in [5.74, 6) is 0.0466. The number of rotatable bonds is 6. The van der Waals surface area contributed by atoms with Crippen molar-refractivity contribution in [2.45, 2.75) is 31.8 Å². The number of carbonyl (C=O) groups excluding carboxylic acids is 1. The molecule has 0 saturated carbocycles. The van der Waals surface area contributed by atoms with Gasteiger partial charge in [-0.1, -0.05) is 0 Å². The number of hydrogen-bond donors (Lipinski definition) is 2. The molecule has 1 fully saturated rings. The summed E-state index contributed by atoms with van der Waals surface area (Å²) in [6.07, 6.45) is 7.24. The van der Waals surface area contributed by atoms with Crippen LogP contribution in [0.3, 0.4) is 0 Å². The van der Waals surface area contributed by atoms with E-state index < -0.39 is 0 Å². The zero-order valence-corrected chi connectivity index (χ0v) is 12.1. The molecule has 2 rings (SSSR count). The first-order valence-corrected chi connectivity index (χ1v) is 7.28. The lowest BCUT2D eigenvalue weighted by Gasteiger charge is -2.29. The van der Waals surface area contributed by atoms with Gasteiger partial charge in [-0.2, -0.15) is 5.10 Å². The summed E-state index contributed by atoms with van der Waals surface area (Å²) in [5.41, 5.74) is 1.20. The lowest BCUT2D eigenvalue weighted by Crippen LogP contribution is -2.44. The topological polar surface area (TPSA) is 70.4 Å². The third kappa shape index (κ3) is 4.94. The van der Waals surface area contributed by atoms with Gasteiger partial charge in [0.05, 0.1) is 18.8 Å². The highest BCUT2D eigenvalue weighted by Gasteiger charge is 2.19. The lowest BCUT2D eigenvalue weighted by molar-refractivity contribution is -0.122. The summed E-state index contributed by atoms with van der Waals surface area (Å²) < 4.78 is 1.79. The highest BCUT2D eigenvalue weighted by Crippen LogP contribution is 2.08. The molecule has 0 aromatic carbocycles. The van der Waals surface area contributed by atoms with E-state index in [1.807, 2.05) is 24.3 Å². The summed E-state index contributed by atoms with van der Waals surface area (Å²) in [6, 6.07) is 0. The van der Waals surface area contributed by atoms with Crippen LogP contribution in [0.2, 0.25) is 0 Å². The minimum absolute atomic E-state index is 0.0466. The van der Waals surface area contributed by atoms with Crippen molar-refractivity contribution in [2.24, 2.45) is 7.05 Å². The van der Waals surface area contributed by atoms with Crippen LogP contribution in [-0.4, -0.2) is 58.0 Å². The predicted octanol–water partition coefficient (Wildman–Crippen LogP) is -0.0744. The molecule has 1 saturated heterocycles. The van der Waals surface area contributed by atoms with Crippen molar-refractivity contribution >= 4 is 5.91 Å². The van der Waals surface area contributed by atoms with Crippen LogP contribution >= 0.6 is 0 Å². The molecular weight excluding hydrogens is 256 g/mol. The Labute approximate surface area is 119 Å². The van der Waals surface area contributed by atoms with E-state index in [0.717, 1.165) is 32.2 Å². The maximum absolute atomic E-state index is 11.8. The van der Waals surface area contributed by atoms with Crippen LogP contribution in [0.15, 0.2) is 12.4 Å². The highest BCUT2D eigenvalue weighted by atomic mass is 16.3. The fourth-order valence-electron chi connectivity index (χ4n) is 2.56. The number of aliphatic hydroxyl groups excluding tert-OH is 1. The summed E-state index contributed by atoms with van der Waals surface area (Å²) in [6.45, 7) is 2.59. The smallest absolute Gasteiger partial charge is 0.234 e. The SMILES string of the molecule is Cn1cc(CCCNC(=O)CN2CCCC(O)C2)cn1. The molecule has 1 atom stereocenters. The molecule has 1 unspecified atom stereocenters. The number of hydrogen-bond acceptors (Lipinski definition) is 4. The Kier molecular flexibility index (Phi) is 5.55. The van der Waals surface area contributed by atoms with Crippen LogP contribution in [0.4, 0.5) is 0 Å². The third-order valence-corrected chi connectivity index (χ3v) is 3.57. The van der Waals surface area contributed by atoms with Crippen molar-refractivity contribution in [1.29, 1.82) is 0 Å². The lowest BCUT2D eigenvalue weighted by atomic mass is 10.1. The number of β-amino-alcohol motifs (C(OH)–C–C–N with tert-alkyl or cyclic N) is 1. The van der Waals surface area contributed by atoms with Crippen LogP contribution in [0.5, 0.6) is 0 Å². The molecule has 1 aromatic rings. The van der Waals surface area contributed by atoms with Gasteiger partial charge < -0.3 is 10.4 Å². The quantitative estimate of drug-likeness (QED) is 0.715. The number of carbonyl (C=O) groups is 1. The summed E-state index contributed by atoms with van der Waals surface area (Å²) >= 11 is 0. The largest absolute Gasteiger partial charge is 0.392 e. The summed E-state index contributed by atoms with van der Waals surface area (Å²) in [4.78, 5) is 13.8. The maximum atomic E-state index is 11.8. The fourth-order valence-corrected chi connectivity index (χ4v) is 2.56. The van der Waals surface area contributed by atoms with Gasteiger partial charge in [0.1, 0.15) is 0 Å². The van der Waals surface area contributed by atoms with E-state index >= 15 is 0 Å². The summed E-state index contributed by atoms with van der Waals surface area (Å²) in [7, 11) is 1.90. The molecule has 1 aromatic heterocycles. The maximum Gasteiger partial charge on any atom is 0.234 e. The Morgan fingerprint density at radius 1 is 1.60 bits per heavy atom. The molecule has 112 valence electrons. The number of nitrogens with zero attached hydrogens (tertiary/aromatic N) is 3. The second kappa shape index (κ2) is 7.40. The summed E-state index contributed by atoms with van der Waals surface area (Å²) in [5, 5.41) is 16.6. The van der Waals surface area contributed by atoms with Crippen molar-refractivity contribution in [1.82, 2.24) is 20.0 Å². The van der Waals surface area contributed by atoms with E-state index in [4.69, 9.17) is 0 Å². The molecule has 1 amide bonds. The minimum Gasteiger partial charge on any atom is -0.392 e. The first kappa shape index (κ1) is 15.0. The second-order valence-electron chi connectivity index (χ2n) is 5.51. The molecular formula is C14H24N4O2. The number of aryl methyl sites for hydroxylation is 2. The van der Waals surface area contributed by atoms with Gasteiger partial charge in [0.25, 0.3) is 0 Å². The van der Waals surface area contributed by atoms with E-state index in [1.54, 1.807) is 4.68 Å². The first-order valence-electron chi connectivity index (χ1n) is 7.28. The Bertz CT molecular complexity index is 433. The molecule has 2 heterocycles. The van der Waals surface area contributed by atoms with Crippen LogP contribution in [0.1, 0.15) is 24.8 Å². The molecule has 6 nitrogen and oxygen atoms in total.